The number of carbonyl (C=O) groups excluding carboxylic acids is 1. The largest absolute Gasteiger partial charge is 0.385 e. The molecule has 8 nitrogen and oxygen atoms in total. The number of amides is 1. The van der Waals surface area contributed by atoms with Crippen molar-refractivity contribution < 1.29 is 18.7 Å². The van der Waals surface area contributed by atoms with Crippen LogP contribution in [0.5, 0.6) is 0 Å². The molecule has 1 amide bonds. The van der Waals surface area contributed by atoms with Gasteiger partial charge in [0.05, 0.1) is 29.7 Å². The van der Waals surface area contributed by atoms with E-state index in [4.69, 9.17) is 9.97 Å². The van der Waals surface area contributed by atoms with E-state index < -0.39 is 17.2 Å². The molecule has 1 unspecified atom stereocenters. The fourth-order valence-electron chi connectivity index (χ4n) is 5.32. The number of aryl methyl sites for hydroxylation is 1. The quantitative estimate of drug-likeness (QED) is 0.597. The lowest BCUT2D eigenvalue weighted by atomic mass is 9.77. The Morgan fingerprint density at radius 2 is 1.89 bits per heavy atom. The molecule has 1 N–H and O–H groups in total. The molecule has 10 heteroatoms. The molecular formula is C26H30F2N6O2. The van der Waals surface area contributed by atoms with Gasteiger partial charge in [-0.05, 0) is 31.7 Å². The van der Waals surface area contributed by atoms with Crippen molar-refractivity contribution >= 4 is 11.7 Å². The molecule has 2 aliphatic rings. The third-order valence-corrected chi connectivity index (χ3v) is 7.48. The normalized spacial score (nSPS) is 18.2. The van der Waals surface area contributed by atoms with Gasteiger partial charge in [-0.2, -0.15) is 5.10 Å². The Kier molecular flexibility index (Phi) is 6.23. The van der Waals surface area contributed by atoms with Gasteiger partial charge in [-0.25, -0.2) is 18.7 Å². The zero-order chi connectivity index (χ0) is 25.6. The second-order valence-electron chi connectivity index (χ2n) is 9.92. The van der Waals surface area contributed by atoms with E-state index >= 15 is 0 Å². The van der Waals surface area contributed by atoms with Gasteiger partial charge in [-0.1, -0.05) is 6.07 Å². The van der Waals surface area contributed by atoms with E-state index in [9.17, 15) is 18.7 Å². The van der Waals surface area contributed by atoms with Crippen molar-refractivity contribution in [3.63, 3.8) is 0 Å². The fraction of sp³-hybridized carbons (Fsp3) is 0.462. The summed E-state index contributed by atoms with van der Waals surface area (Å²) in [4.78, 5) is 25.8. The molecule has 1 fully saturated rings. The van der Waals surface area contributed by atoms with Crippen LogP contribution in [0.15, 0.2) is 30.6 Å². The van der Waals surface area contributed by atoms with E-state index in [2.05, 4.69) is 10.00 Å². The molecule has 4 heterocycles. The summed E-state index contributed by atoms with van der Waals surface area (Å²) in [7, 11) is 1.84. The summed E-state index contributed by atoms with van der Waals surface area (Å²) in [6.07, 6.45) is 5.48. The minimum absolute atomic E-state index is 0.0150. The van der Waals surface area contributed by atoms with Crippen LogP contribution in [-0.2, 0) is 30.4 Å². The molecule has 0 aliphatic carbocycles. The summed E-state index contributed by atoms with van der Waals surface area (Å²) >= 11 is 0. The predicted octanol–water partition coefficient (Wildman–Crippen LogP) is 3.18. The molecule has 0 saturated carbocycles. The van der Waals surface area contributed by atoms with Crippen LogP contribution in [0, 0.1) is 17.6 Å². The Balaban J connectivity index is 1.42. The molecule has 2 aliphatic heterocycles. The molecule has 1 aromatic carbocycles. The molecule has 3 aromatic rings. The first-order valence-corrected chi connectivity index (χ1v) is 12.2. The van der Waals surface area contributed by atoms with Gasteiger partial charge < -0.3 is 14.9 Å². The topological polar surface area (TPSA) is 87.4 Å². The number of hydrogen-bond acceptors (Lipinski definition) is 6. The highest BCUT2D eigenvalue weighted by Crippen LogP contribution is 2.40. The summed E-state index contributed by atoms with van der Waals surface area (Å²) in [6.45, 7) is 5.40. The molecule has 1 atom stereocenters. The first-order valence-electron chi connectivity index (χ1n) is 12.2. The molecule has 0 radical (unpaired) electrons. The Morgan fingerprint density at radius 3 is 2.53 bits per heavy atom. The van der Waals surface area contributed by atoms with Crippen molar-refractivity contribution in [3.05, 3.63) is 59.2 Å². The van der Waals surface area contributed by atoms with E-state index in [1.54, 1.807) is 29.6 Å². The smallest absolute Gasteiger partial charge is 0.219 e. The van der Waals surface area contributed by atoms with E-state index in [1.807, 2.05) is 13.2 Å². The number of nitrogens with zero attached hydrogens (tertiary/aromatic N) is 6. The van der Waals surface area contributed by atoms with Gasteiger partial charge in [0.25, 0.3) is 0 Å². The first-order chi connectivity index (χ1) is 17.1. The monoisotopic (exact) mass is 496 g/mol. The van der Waals surface area contributed by atoms with Crippen LogP contribution >= 0.6 is 0 Å². The molecule has 5 rings (SSSR count). The highest BCUT2D eigenvalue weighted by molar-refractivity contribution is 5.74. The van der Waals surface area contributed by atoms with Gasteiger partial charge in [0.2, 0.25) is 5.91 Å². The molecule has 0 spiro atoms. The molecular weight excluding hydrogens is 466 g/mol. The average molecular weight is 497 g/mol. The molecule has 2 aromatic heterocycles. The van der Waals surface area contributed by atoms with Crippen LogP contribution in [-0.4, -0.2) is 55.3 Å². The third kappa shape index (κ3) is 4.45. The summed E-state index contributed by atoms with van der Waals surface area (Å²) in [5.41, 5.74) is 1.92. The lowest BCUT2D eigenvalue weighted by Gasteiger charge is -2.41. The lowest BCUT2D eigenvalue weighted by Crippen LogP contribution is -2.43. The average Bonchev–Trinajstić information content (AvgIpc) is 3.28. The zero-order valence-electron chi connectivity index (χ0n) is 20.7. The van der Waals surface area contributed by atoms with Crippen molar-refractivity contribution in [2.24, 2.45) is 13.0 Å². The number of aliphatic hydroxyl groups is 1. The Bertz CT molecular complexity index is 1300. The highest BCUT2D eigenvalue weighted by atomic mass is 19.1. The minimum Gasteiger partial charge on any atom is -0.385 e. The second kappa shape index (κ2) is 9.24. The zero-order valence-corrected chi connectivity index (χ0v) is 20.7. The van der Waals surface area contributed by atoms with Gasteiger partial charge >= 0.3 is 0 Å². The van der Waals surface area contributed by atoms with Gasteiger partial charge in [0.15, 0.2) is 5.82 Å². The van der Waals surface area contributed by atoms with Crippen molar-refractivity contribution in [2.75, 3.05) is 24.5 Å². The van der Waals surface area contributed by atoms with E-state index in [0.717, 1.165) is 28.8 Å². The minimum atomic E-state index is -1.42. The predicted molar refractivity (Wildman–Crippen MR) is 130 cm³/mol. The Morgan fingerprint density at radius 1 is 1.14 bits per heavy atom. The SMILES string of the molecule is CC(=O)N1CCc2nc(N3CCC(C(C)(O)c4ccc(F)cc4F)CC3)c(-c3cnn(C)c3)nc2C1. The maximum atomic E-state index is 14.5. The number of fused-ring (bicyclic) bond motifs is 1. The Labute approximate surface area is 208 Å². The lowest BCUT2D eigenvalue weighted by molar-refractivity contribution is -0.129. The van der Waals surface area contributed by atoms with Crippen LogP contribution in [0.4, 0.5) is 14.6 Å². The maximum Gasteiger partial charge on any atom is 0.219 e. The number of carbonyl (C=O) groups is 1. The number of rotatable bonds is 4. The maximum absolute atomic E-state index is 14.5. The fourth-order valence-corrected chi connectivity index (χ4v) is 5.32. The molecule has 36 heavy (non-hydrogen) atoms. The van der Waals surface area contributed by atoms with E-state index in [-0.39, 0.29) is 17.4 Å². The first kappa shape index (κ1) is 24.3. The van der Waals surface area contributed by atoms with Gasteiger partial charge in [-0.15, -0.1) is 0 Å². The number of hydrogen-bond donors (Lipinski definition) is 1. The number of piperidine rings is 1. The molecule has 0 bridgehead atoms. The summed E-state index contributed by atoms with van der Waals surface area (Å²) in [6, 6.07) is 3.32. The van der Waals surface area contributed by atoms with Crippen LogP contribution in [0.2, 0.25) is 0 Å². The second-order valence-corrected chi connectivity index (χ2v) is 9.92. The summed E-state index contributed by atoms with van der Waals surface area (Å²) in [5, 5.41) is 15.5. The standard InChI is InChI=1S/C26H30F2N6O2/c1-16(35)34-11-8-22-23(15-34)30-24(17-13-29-32(3)14-17)25(31-22)33-9-6-18(7-10-33)26(2,36)20-5-4-19(27)12-21(20)28/h4-5,12-14,18,36H,6-11,15H2,1-3H3. The highest BCUT2D eigenvalue weighted by Gasteiger charge is 2.39. The summed E-state index contributed by atoms with van der Waals surface area (Å²) in [5.74, 6) is -0.834. The van der Waals surface area contributed by atoms with Crippen LogP contribution in [0.3, 0.4) is 0 Å². The van der Waals surface area contributed by atoms with Gasteiger partial charge in [0, 0.05) is 63.4 Å². The molecule has 1 saturated heterocycles. The van der Waals surface area contributed by atoms with Crippen molar-refractivity contribution in [3.8, 4) is 11.3 Å². The van der Waals surface area contributed by atoms with Crippen molar-refractivity contribution in [2.45, 2.75) is 45.3 Å². The summed E-state index contributed by atoms with van der Waals surface area (Å²) < 4.78 is 29.6. The number of benzene rings is 1. The van der Waals surface area contributed by atoms with Gasteiger partial charge in [0.1, 0.15) is 17.3 Å². The van der Waals surface area contributed by atoms with Gasteiger partial charge in [-0.3, -0.25) is 9.48 Å². The van der Waals surface area contributed by atoms with Crippen LogP contribution in [0.1, 0.15) is 43.6 Å². The third-order valence-electron chi connectivity index (χ3n) is 7.48. The van der Waals surface area contributed by atoms with Crippen molar-refractivity contribution in [1.82, 2.24) is 24.6 Å². The van der Waals surface area contributed by atoms with Crippen LogP contribution in [0.25, 0.3) is 11.3 Å². The van der Waals surface area contributed by atoms with E-state index in [1.165, 1.54) is 12.1 Å². The van der Waals surface area contributed by atoms with Crippen molar-refractivity contribution in [1.29, 1.82) is 0 Å². The van der Waals surface area contributed by atoms with Crippen LogP contribution < -0.4 is 4.90 Å². The van der Waals surface area contributed by atoms with E-state index in [0.29, 0.717) is 51.1 Å². The number of anilines is 1. The Hall–Kier alpha value is -3.40. The number of aromatic nitrogens is 4. The number of halogens is 2. The molecule has 190 valence electrons.